The zero-order chi connectivity index (χ0) is 36.8. The van der Waals surface area contributed by atoms with Crippen molar-refractivity contribution in [3.8, 4) is 0 Å². The molecule has 0 fully saturated rings. The van der Waals surface area contributed by atoms with Gasteiger partial charge in [0.2, 0.25) is 0 Å². The van der Waals surface area contributed by atoms with Gasteiger partial charge in [-0.2, -0.15) is 0 Å². The fraction of sp³-hybridized carbons (Fsp3) is 0.900. The van der Waals surface area contributed by atoms with Crippen LogP contribution < -0.4 is 5.32 Å². The SMILES string of the molecule is CCCCCCCCC=CCCCCCCCC(=O)O[C@H](COC(=O)CCCCCCCCCCCCCCC)COP(=O)(O)OCCNC. The van der Waals surface area contributed by atoms with E-state index in [0.717, 1.165) is 51.4 Å². The summed E-state index contributed by atoms with van der Waals surface area (Å²) in [6.45, 7) is 4.22. The molecule has 10 heteroatoms. The number of carbonyl (C=O) groups is 2. The molecular formula is C40H78NO8P. The number of phosphoric acid groups is 1. The summed E-state index contributed by atoms with van der Waals surface area (Å²) in [4.78, 5) is 34.9. The second kappa shape index (κ2) is 37.5. The zero-order valence-corrected chi connectivity index (χ0v) is 33.5. The highest BCUT2D eigenvalue weighted by Gasteiger charge is 2.26. The van der Waals surface area contributed by atoms with Crippen molar-refractivity contribution in [2.75, 3.05) is 33.4 Å². The van der Waals surface area contributed by atoms with Gasteiger partial charge < -0.3 is 19.7 Å². The molecule has 0 bridgehead atoms. The monoisotopic (exact) mass is 732 g/mol. The summed E-state index contributed by atoms with van der Waals surface area (Å²) in [7, 11) is -2.64. The maximum absolute atomic E-state index is 12.6. The zero-order valence-electron chi connectivity index (χ0n) is 32.6. The van der Waals surface area contributed by atoms with Crippen molar-refractivity contribution < 1.29 is 37.6 Å². The first-order chi connectivity index (χ1) is 24.3. The molecule has 50 heavy (non-hydrogen) atoms. The molecule has 1 unspecified atom stereocenters. The number of allylic oxidation sites excluding steroid dienone is 2. The van der Waals surface area contributed by atoms with Gasteiger partial charge in [-0.3, -0.25) is 18.6 Å². The van der Waals surface area contributed by atoms with E-state index in [4.69, 9.17) is 18.5 Å². The van der Waals surface area contributed by atoms with Crippen LogP contribution in [0.3, 0.4) is 0 Å². The number of rotatable bonds is 39. The molecule has 0 radical (unpaired) electrons. The third-order valence-corrected chi connectivity index (χ3v) is 9.87. The molecule has 2 atom stereocenters. The van der Waals surface area contributed by atoms with Gasteiger partial charge in [0.25, 0.3) is 0 Å². The van der Waals surface area contributed by atoms with Crippen molar-refractivity contribution in [2.24, 2.45) is 0 Å². The molecule has 0 saturated heterocycles. The standard InChI is InChI=1S/C40H78NO8P/c1-4-6-8-10-12-14-16-18-19-21-23-25-27-29-31-33-40(43)49-38(37-48-50(44,45)47-35-34-41-3)36-46-39(42)32-30-28-26-24-22-20-17-15-13-11-9-7-5-2/h18-19,38,41H,4-17,20-37H2,1-3H3,(H,44,45)/t38-/m1/s1. The van der Waals surface area contributed by atoms with Crippen LogP contribution in [0.4, 0.5) is 0 Å². The summed E-state index contributed by atoms with van der Waals surface area (Å²) in [5.74, 6) is -0.809. The summed E-state index contributed by atoms with van der Waals surface area (Å²) in [5, 5.41) is 2.82. The minimum absolute atomic E-state index is 0.0156. The largest absolute Gasteiger partial charge is 0.472 e. The van der Waals surface area contributed by atoms with Crippen LogP contribution in [0.2, 0.25) is 0 Å². The van der Waals surface area contributed by atoms with Crippen molar-refractivity contribution in [2.45, 2.75) is 200 Å². The number of hydrogen-bond donors (Lipinski definition) is 2. The Morgan fingerprint density at radius 2 is 1.02 bits per heavy atom. The molecule has 0 rings (SSSR count). The maximum atomic E-state index is 12.6. The predicted octanol–water partition coefficient (Wildman–Crippen LogP) is 11.3. The van der Waals surface area contributed by atoms with E-state index >= 15 is 0 Å². The normalized spacial score (nSPS) is 13.4. The Morgan fingerprint density at radius 3 is 1.48 bits per heavy atom. The molecule has 296 valence electrons. The molecule has 9 nitrogen and oxygen atoms in total. The van der Waals surface area contributed by atoms with Crippen molar-refractivity contribution in [3.05, 3.63) is 12.2 Å². The third-order valence-electron chi connectivity index (χ3n) is 8.89. The van der Waals surface area contributed by atoms with Crippen molar-refractivity contribution >= 4 is 19.8 Å². The summed E-state index contributed by atoms with van der Waals surface area (Å²) in [6, 6.07) is 0. The van der Waals surface area contributed by atoms with E-state index in [0.29, 0.717) is 19.4 Å². The number of carbonyl (C=O) groups excluding carboxylic acids is 2. The first-order valence-electron chi connectivity index (χ1n) is 20.6. The Morgan fingerprint density at radius 1 is 0.600 bits per heavy atom. The summed E-state index contributed by atoms with van der Waals surface area (Å²) in [6.07, 6.45) is 35.3. The van der Waals surface area contributed by atoms with Gasteiger partial charge in [0, 0.05) is 19.4 Å². The van der Waals surface area contributed by atoms with Gasteiger partial charge in [0.15, 0.2) is 6.10 Å². The van der Waals surface area contributed by atoms with Crippen LogP contribution in [-0.2, 0) is 32.7 Å². The lowest BCUT2D eigenvalue weighted by atomic mass is 10.0. The van der Waals surface area contributed by atoms with Crippen LogP contribution in [0.5, 0.6) is 0 Å². The van der Waals surface area contributed by atoms with Gasteiger partial charge in [-0.1, -0.05) is 154 Å². The second-order valence-electron chi connectivity index (χ2n) is 13.8. The van der Waals surface area contributed by atoms with Crippen LogP contribution in [-0.4, -0.2) is 56.3 Å². The van der Waals surface area contributed by atoms with E-state index in [1.54, 1.807) is 7.05 Å². The molecule has 0 heterocycles. The lowest BCUT2D eigenvalue weighted by molar-refractivity contribution is -0.161. The highest BCUT2D eigenvalue weighted by Crippen LogP contribution is 2.43. The quantitative estimate of drug-likeness (QED) is 0.0275. The molecule has 0 amide bonds. The maximum Gasteiger partial charge on any atom is 0.472 e. The molecular weight excluding hydrogens is 653 g/mol. The molecule has 0 spiro atoms. The lowest BCUT2D eigenvalue weighted by Crippen LogP contribution is -2.29. The average molecular weight is 732 g/mol. The number of esters is 2. The van der Waals surface area contributed by atoms with E-state index in [-0.39, 0.29) is 25.6 Å². The van der Waals surface area contributed by atoms with Gasteiger partial charge in [0.05, 0.1) is 13.2 Å². The predicted molar refractivity (Wildman–Crippen MR) is 206 cm³/mol. The average Bonchev–Trinajstić information content (AvgIpc) is 3.09. The Balaban J connectivity index is 4.25. The summed E-state index contributed by atoms with van der Waals surface area (Å²) in [5.41, 5.74) is 0. The molecule has 0 aromatic carbocycles. The molecule has 0 aliphatic heterocycles. The van der Waals surface area contributed by atoms with E-state index in [2.05, 4.69) is 31.3 Å². The summed E-state index contributed by atoms with van der Waals surface area (Å²) >= 11 is 0. The fourth-order valence-corrected chi connectivity index (χ4v) is 6.48. The molecule has 0 saturated carbocycles. The molecule has 0 aromatic heterocycles. The second-order valence-corrected chi connectivity index (χ2v) is 15.3. The lowest BCUT2D eigenvalue weighted by Gasteiger charge is -2.20. The van der Waals surface area contributed by atoms with Gasteiger partial charge in [-0.25, -0.2) is 4.57 Å². The Hall–Kier alpha value is -1.25. The minimum atomic E-state index is -4.34. The van der Waals surface area contributed by atoms with Gasteiger partial charge in [-0.15, -0.1) is 0 Å². The highest BCUT2D eigenvalue weighted by atomic mass is 31.2. The van der Waals surface area contributed by atoms with Crippen LogP contribution >= 0.6 is 7.82 Å². The highest BCUT2D eigenvalue weighted by molar-refractivity contribution is 7.47. The first-order valence-corrected chi connectivity index (χ1v) is 22.1. The third kappa shape index (κ3) is 36.5. The van der Waals surface area contributed by atoms with Crippen LogP contribution in [0, 0.1) is 0 Å². The Bertz CT molecular complexity index is 840. The number of phosphoric ester groups is 1. The van der Waals surface area contributed by atoms with Gasteiger partial charge >= 0.3 is 19.8 Å². The summed E-state index contributed by atoms with van der Waals surface area (Å²) < 4.78 is 33.1. The van der Waals surface area contributed by atoms with E-state index in [1.165, 1.54) is 109 Å². The van der Waals surface area contributed by atoms with Crippen molar-refractivity contribution in [3.63, 3.8) is 0 Å². The topological polar surface area (TPSA) is 120 Å². The number of unbranched alkanes of at least 4 members (excludes halogenated alkanes) is 23. The first kappa shape index (κ1) is 48.8. The number of likely N-dealkylation sites (N-methyl/N-ethyl adjacent to an activating group) is 1. The molecule has 0 aromatic rings. The molecule has 2 N–H and O–H groups in total. The molecule has 0 aliphatic carbocycles. The number of ether oxygens (including phenoxy) is 2. The van der Waals surface area contributed by atoms with E-state index in [9.17, 15) is 19.0 Å². The Kier molecular flexibility index (Phi) is 36.6. The van der Waals surface area contributed by atoms with Crippen molar-refractivity contribution in [1.29, 1.82) is 0 Å². The number of nitrogens with one attached hydrogen (secondary N) is 1. The van der Waals surface area contributed by atoms with Gasteiger partial charge in [0.1, 0.15) is 6.61 Å². The number of hydrogen-bond acceptors (Lipinski definition) is 8. The van der Waals surface area contributed by atoms with E-state index in [1.807, 2.05) is 0 Å². The van der Waals surface area contributed by atoms with Crippen LogP contribution in [0.25, 0.3) is 0 Å². The smallest absolute Gasteiger partial charge is 0.462 e. The fourth-order valence-electron chi connectivity index (χ4n) is 5.72. The van der Waals surface area contributed by atoms with Crippen LogP contribution in [0.1, 0.15) is 194 Å². The molecule has 0 aliphatic rings. The minimum Gasteiger partial charge on any atom is -0.462 e. The van der Waals surface area contributed by atoms with Crippen molar-refractivity contribution in [1.82, 2.24) is 5.32 Å². The van der Waals surface area contributed by atoms with Crippen LogP contribution in [0.15, 0.2) is 12.2 Å². The Labute approximate surface area is 307 Å². The van der Waals surface area contributed by atoms with E-state index < -0.39 is 26.5 Å². The van der Waals surface area contributed by atoms with Gasteiger partial charge in [-0.05, 0) is 45.6 Å².